The maximum Gasteiger partial charge on any atom is 0.280 e. The van der Waals surface area contributed by atoms with Gasteiger partial charge in [0.25, 0.3) is 5.56 Å². The molecule has 7 nitrogen and oxygen atoms in total. The number of aryl methyl sites for hydroxylation is 1. The van der Waals surface area contributed by atoms with Crippen LogP contribution in [-0.2, 0) is 13.1 Å². The first-order valence-corrected chi connectivity index (χ1v) is 8.71. The minimum absolute atomic E-state index is 0.167. The molecule has 26 heavy (non-hydrogen) atoms. The smallest absolute Gasteiger partial charge is 0.280 e. The van der Waals surface area contributed by atoms with E-state index in [1.54, 1.807) is 35.6 Å². The normalized spacial score (nSPS) is 17.6. The summed E-state index contributed by atoms with van der Waals surface area (Å²) in [4.78, 5) is 14.7. The van der Waals surface area contributed by atoms with Gasteiger partial charge in [0.15, 0.2) is 12.0 Å². The molecule has 1 aliphatic heterocycles. The third-order valence-electron chi connectivity index (χ3n) is 4.92. The van der Waals surface area contributed by atoms with Crippen molar-refractivity contribution in [1.82, 2.24) is 19.2 Å². The van der Waals surface area contributed by atoms with Crippen molar-refractivity contribution in [3.05, 3.63) is 56.6 Å². The van der Waals surface area contributed by atoms with Gasteiger partial charge in [0.2, 0.25) is 0 Å². The first-order valence-electron chi connectivity index (χ1n) is 8.34. The van der Waals surface area contributed by atoms with Gasteiger partial charge in [-0.15, -0.1) is 0 Å². The van der Waals surface area contributed by atoms with Crippen LogP contribution >= 0.6 is 11.6 Å². The topological polar surface area (TPSA) is 83.5 Å². The lowest BCUT2D eigenvalue weighted by Gasteiger charge is -2.30. The van der Waals surface area contributed by atoms with Gasteiger partial charge in [-0.25, -0.2) is 4.68 Å². The minimum Gasteiger partial charge on any atom is -0.505 e. The third-order valence-corrected chi connectivity index (χ3v) is 5.17. The van der Waals surface area contributed by atoms with E-state index in [4.69, 9.17) is 11.6 Å². The molecule has 0 radical (unpaired) electrons. The Kier molecular flexibility index (Phi) is 4.02. The minimum atomic E-state index is -0.959. The number of benzene rings is 1. The van der Waals surface area contributed by atoms with E-state index in [-0.39, 0.29) is 23.2 Å². The van der Waals surface area contributed by atoms with E-state index >= 15 is 0 Å². The van der Waals surface area contributed by atoms with E-state index in [2.05, 4.69) is 5.10 Å². The van der Waals surface area contributed by atoms with Gasteiger partial charge >= 0.3 is 0 Å². The monoisotopic (exact) mass is 374 g/mol. The number of aliphatic hydroxyl groups is 1. The summed E-state index contributed by atoms with van der Waals surface area (Å²) in [7, 11) is 1.77. The van der Waals surface area contributed by atoms with E-state index < -0.39 is 6.23 Å². The van der Waals surface area contributed by atoms with Crippen LogP contribution < -0.4 is 5.56 Å². The van der Waals surface area contributed by atoms with Crippen LogP contribution in [0.3, 0.4) is 0 Å². The molecule has 136 valence electrons. The van der Waals surface area contributed by atoms with Crippen LogP contribution in [0.5, 0.6) is 5.75 Å². The van der Waals surface area contributed by atoms with Crippen molar-refractivity contribution in [3.63, 3.8) is 0 Å². The zero-order valence-electron chi connectivity index (χ0n) is 14.5. The number of halogens is 1. The number of hydrogen-bond donors (Lipinski definition) is 2. The lowest BCUT2D eigenvalue weighted by Crippen LogP contribution is -2.35. The lowest BCUT2D eigenvalue weighted by molar-refractivity contribution is -0.00362. The van der Waals surface area contributed by atoms with Crippen LogP contribution in [0.1, 0.15) is 23.2 Å². The van der Waals surface area contributed by atoms with E-state index in [0.29, 0.717) is 35.0 Å². The number of aromatic hydroxyl groups is 1. The zero-order valence-corrected chi connectivity index (χ0v) is 15.2. The fourth-order valence-electron chi connectivity index (χ4n) is 3.56. The highest BCUT2D eigenvalue weighted by Crippen LogP contribution is 2.38. The molecule has 0 aliphatic carbocycles. The van der Waals surface area contributed by atoms with Gasteiger partial charge < -0.3 is 14.8 Å². The average Bonchev–Trinajstić information content (AvgIpc) is 2.92. The molecule has 0 saturated heterocycles. The number of aromatic nitrogens is 3. The molecule has 0 spiro atoms. The van der Waals surface area contributed by atoms with E-state index in [1.165, 1.54) is 4.68 Å². The van der Waals surface area contributed by atoms with Gasteiger partial charge in [-0.2, -0.15) is 5.10 Å². The summed E-state index contributed by atoms with van der Waals surface area (Å²) in [5.41, 5.74) is 2.06. The molecule has 1 aliphatic rings. The van der Waals surface area contributed by atoms with Crippen LogP contribution in [-0.4, -0.2) is 43.1 Å². The molecule has 2 aromatic heterocycles. The highest BCUT2D eigenvalue weighted by Gasteiger charge is 2.32. The molecular weight excluding hydrogens is 356 g/mol. The second-order valence-electron chi connectivity index (χ2n) is 6.64. The molecule has 3 aromatic rings. The van der Waals surface area contributed by atoms with E-state index in [1.807, 2.05) is 12.1 Å². The summed E-state index contributed by atoms with van der Waals surface area (Å²) in [6, 6.07) is 7.18. The van der Waals surface area contributed by atoms with Crippen LogP contribution in [0.2, 0.25) is 5.02 Å². The highest BCUT2D eigenvalue weighted by molar-refractivity contribution is 6.30. The van der Waals surface area contributed by atoms with Gasteiger partial charge in [0.1, 0.15) is 11.1 Å². The molecule has 0 fully saturated rings. The van der Waals surface area contributed by atoms with Crippen molar-refractivity contribution in [2.45, 2.75) is 26.2 Å². The quantitative estimate of drug-likeness (QED) is 0.715. The first-order chi connectivity index (χ1) is 12.4. The van der Waals surface area contributed by atoms with Crippen LogP contribution in [0.15, 0.2) is 29.1 Å². The number of likely N-dealkylation sites (N-methyl/N-ethyl adjacent to an activating group) is 1. The molecule has 0 amide bonds. The Morgan fingerprint density at radius 1 is 1.27 bits per heavy atom. The summed E-state index contributed by atoms with van der Waals surface area (Å²) in [5.74, 6) is -0.167. The van der Waals surface area contributed by atoms with Crippen molar-refractivity contribution in [2.75, 3.05) is 13.6 Å². The molecular formula is C18H19ClN4O3. The van der Waals surface area contributed by atoms with Crippen molar-refractivity contribution in [3.8, 4) is 5.75 Å². The van der Waals surface area contributed by atoms with E-state index in [9.17, 15) is 15.0 Å². The average molecular weight is 375 g/mol. The molecule has 3 heterocycles. The Morgan fingerprint density at radius 2 is 1.96 bits per heavy atom. The van der Waals surface area contributed by atoms with Crippen molar-refractivity contribution in [2.24, 2.45) is 0 Å². The molecule has 0 saturated carbocycles. The Bertz CT molecular complexity index is 1060. The molecule has 1 atom stereocenters. The standard InChI is InChI=1S/C18H19ClN4O3/c1-10-14-13(16(24)15-18(26)21(2)7-8-22(14)15)17(25)23(20-10)9-11-3-5-12(19)6-4-11/h3-6,18,24,26H,7-9H2,1-2H3. The zero-order chi connectivity index (χ0) is 18.6. The maximum absolute atomic E-state index is 13.0. The van der Waals surface area contributed by atoms with Gasteiger partial charge in [-0.05, 0) is 31.7 Å². The SMILES string of the molecule is Cc1nn(Cc2ccc(Cl)cc2)c(=O)c2c(O)c3n(c12)CCN(C)C3O. The number of rotatable bonds is 2. The van der Waals surface area contributed by atoms with Crippen LogP contribution in [0, 0.1) is 6.92 Å². The summed E-state index contributed by atoms with van der Waals surface area (Å²) in [5, 5.41) is 26.4. The maximum atomic E-state index is 13.0. The summed E-state index contributed by atoms with van der Waals surface area (Å²) < 4.78 is 3.13. The van der Waals surface area contributed by atoms with Gasteiger partial charge in [0.05, 0.1) is 17.8 Å². The van der Waals surface area contributed by atoms with Crippen molar-refractivity contribution in [1.29, 1.82) is 0 Å². The number of nitrogens with zero attached hydrogens (tertiary/aromatic N) is 4. The molecule has 8 heteroatoms. The first kappa shape index (κ1) is 17.1. The predicted octanol–water partition coefficient (Wildman–Crippen LogP) is 1.85. The third kappa shape index (κ3) is 2.51. The molecule has 4 rings (SSSR count). The van der Waals surface area contributed by atoms with Gasteiger partial charge in [0, 0.05) is 18.1 Å². The predicted molar refractivity (Wildman–Crippen MR) is 98.5 cm³/mol. The van der Waals surface area contributed by atoms with Crippen molar-refractivity contribution < 1.29 is 10.2 Å². The molecule has 1 aromatic carbocycles. The largest absolute Gasteiger partial charge is 0.505 e. The Labute approximate surface area is 154 Å². The van der Waals surface area contributed by atoms with Crippen molar-refractivity contribution >= 4 is 22.5 Å². The second kappa shape index (κ2) is 6.12. The number of fused-ring (bicyclic) bond motifs is 3. The van der Waals surface area contributed by atoms with Gasteiger partial charge in [-0.3, -0.25) is 9.69 Å². The molecule has 0 bridgehead atoms. The Balaban J connectivity index is 1.91. The van der Waals surface area contributed by atoms with E-state index in [0.717, 1.165) is 5.56 Å². The lowest BCUT2D eigenvalue weighted by atomic mass is 10.2. The molecule has 1 unspecified atom stereocenters. The second-order valence-corrected chi connectivity index (χ2v) is 7.07. The van der Waals surface area contributed by atoms with Crippen LogP contribution in [0.25, 0.3) is 10.9 Å². The number of hydrogen-bond acceptors (Lipinski definition) is 5. The Hall–Kier alpha value is -2.35. The summed E-state index contributed by atoms with van der Waals surface area (Å²) in [6.07, 6.45) is -0.959. The molecule has 2 N–H and O–H groups in total. The fourth-order valence-corrected chi connectivity index (χ4v) is 3.68. The Morgan fingerprint density at radius 3 is 2.65 bits per heavy atom. The highest BCUT2D eigenvalue weighted by atomic mass is 35.5. The number of aliphatic hydroxyl groups excluding tert-OH is 1. The van der Waals surface area contributed by atoms with Gasteiger partial charge in [-0.1, -0.05) is 23.7 Å². The van der Waals surface area contributed by atoms with Crippen LogP contribution in [0.4, 0.5) is 0 Å². The fraction of sp³-hybridized carbons (Fsp3) is 0.333. The summed E-state index contributed by atoms with van der Waals surface area (Å²) >= 11 is 5.91. The summed E-state index contributed by atoms with van der Waals surface area (Å²) in [6.45, 7) is 3.26.